The van der Waals surface area contributed by atoms with Crippen molar-refractivity contribution in [1.29, 1.82) is 0 Å². The molecule has 1 fully saturated rings. The molecule has 2 N–H and O–H groups in total. The summed E-state index contributed by atoms with van der Waals surface area (Å²) in [5.41, 5.74) is 1.73. The van der Waals surface area contributed by atoms with Crippen molar-refractivity contribution in [2.45, 2.75) is 0 Å². The summed E-state index contributed by atoms with van der Waals surface area (Å²) in [6.45, 7) is 6.00. The molecule has 0 saturated carbocycles. The lowest BCUT2D eigenvalue weighted by molar-refractivity contribution is 0.0942. The largest absolute Gasteiger partial charge is 0.360 e. The van der Waals surface area contributed by atoms with Crippen LogP contribution in [0.3, 0.4) is 0 Å². The molecule has 5 heteroatoms. The van der Waals surface area contributed by atoms with Gasteiger partial charge in [-0.3, -0.25) is 9.69 Å². The third-order valence-corrected chi connectivity index (χ3v) is 4.14. The minimum atomic E-state index is 0.00146. The Hall–Kier alpha value is -1.85. The molecule has 0 aliphatic carbocycles. The minimum absolute atomic E-state index is 0.00146. The Bertz CT molecular complexity index is 614. The first kappa shape index (κ1) is 14.1. The molecule has 0 bridgehead atoms. The van der Waals surface area contributed by atoms with E-state index in [2.05, 4.69) is 27.1 Å². The second-order valence-corrected chi connectivity index (χ2v) is 5.65. The van der Waals surface area contributed by atoms with Crippen LogP contribution in [0.5, 0.6) is 0 Å². The van der Waals surface area contributed by atoms with Gasteiger partial charge in [0.2, 0.25) is 0 Å². The highest BCUT2D eigenvalue weighted by Crippen LogP contribution is 2.17. The van der Waals surface area contributed by atoms with Crippen molar-refractivity contribution in [3.05, 3.63) is 36.0 Å². The van der Waals surface area contributed by atoms with Crippen molar-refractivity contribution in [2.24, 2.45) is 0 Å². The van der Waals surface area contributed by atoms with Crippen molar-refractivity contribution in [3.8, 4) is 0 Å². The Morgan fingerprint density at radius 1 is 1.24 bits per heavy atom. The maximum absolute atomic E-state index is 12.3. The van der Waals surface area contributed by atoms with E-state index < -0.39 is 0 Å². The quantitative estimate of drug-likeness (QED) is 0.886. The predicted octanol–water partition coefficient (Wildman–Crippen LogP) is 1.15. The summed E-state index contributed by atoms with van der Waals surface area (Å²) in [5.74, 6) is 0.00146. The van der Waals surface area contributed by atoms with Gasteiger partial charge in [-0.1, -0.05) is 18.2 Å². The first-order valence-electron chi connectivity index (χ1n) is 7.49. The predicted molar refractivity (Wildman–Crippen MR) is 84.6 cm³/mol. The third kappa shape index (κ3) is 3.25. The first-order chi connectivity index (χ1) is 10.2. The number of fused-ring (bicyclic) bond motifs is 1. The molecule has 3 rings (SSSR count). The lowest BCUT2D eigenvalue weighted by Crippen LogP contribution is -2.46. The first-order valence-corrected chi connectivity index (χ1v) is 7.49. The summed E-state index contributed by atoms with van der Waals surface area (Å²) in [6, 6.07) is 7.88. The molecule has 2 heterocycles. The molecular formula is C16H22N4O. The van der Waals surface area contributed by atoms with Gasteiger partial charge in [-0.15, -0.1) is 0 Å². The van der Waals surface area contributed by atoms with E-state index in [-0.39, 0.29) is 5.91 Å². The number of rotatable bonds is 4. The van der Waals surface area contributed by atoms with Crippen LogP contribution in [0.4, 0.5) is 0 Å². The summed E-state index contributed by atoms with van der Waals surface area (Å²) >= 11 is 0. The molecule has 0 atom stereocenters. The molecule has 112 valence electrons. The van der Waals surface area contributed by atoms with Gasteiger partial charge in [-0.2, -0.15) is 0 Å². The second-order valence-electron chi connectivity index (χ2n) is 5.65. The number of carbonyl (C=O) groups is 1. The van der Waals surface area contributed by atoms with Crippen LogP contribution in [-0.2, 0) is 0 Å². The summed E-state index contributed by atoms with van der Waals surface area (Å²) < 4.78 is 0. The lowest BCUT2D eigenvalue weighted by atomic mass is 10.1. The third-order valence-electron chi connectivity index (χ3n) is 4.14. The van der Waals surface area contributed by atoms with Crippen LogP contribution < -0.4 is 5.32 Å². The van der Waals surface area contributed by atoms with Crippen LogP contribution in [-0.4, -0.2) is 67.0 Å². The van der Waals surface area contributed by atoms with Gasteiger partial charge >= 0.3 is 0 Å². The summed E-state index contributed by atoms with van der Waals surface area (Å²) in [6.07, 6.45) is 1.79. The number of hydrogen-bond acceptors (Lipinski definition) is 3. The number of carbonyl (C=O) groups excluding carboxylic acids is 1. The van der Waals surface area contributed by atoms with Crippen LogP contribution in [0.15, 0.2) is 30.5 Å². The number of piperazine rings is 1. The molecule has 0 spiro atoms. The molecule has 21 heavy (non-hydrogen) atoms. The smallest absolute Gasteiger partial charge is 0.253 e. The number of hydrogen-bond donors (Lipinski definition) is 2. The van der Waals surface area contributed by atoms with Gasteiger partial charge in [0.1, 0.15) is 0 Å². The van der Waals surface area contributed by atoms with Crippen molar-refractivity contribution in [1.82, 2.24) is 20.1 Å². The van der Waals surface area contributed by atoms with E-state index in [1.54, 1.807) is 6.20 Å². The number of aromatic amines is 1. The summed E-state index contributed by atoms with van der Waals surface area (Å²) in [7, 11) is 2.15. The fraction of sp³-hybridized carbons (Fsp3) is 0.438. The second kappa shape index (κ2) is 6.28. The normalized spacial score (nSPS) is 17.2. The van der Waals surface area contributed by atoms with Crippen LogP contribution >= 0.6 is 0 Å². The van der Waals surface area contributed by atoms with E-state index >= 15 is 0 Å². The van der Waals surface area contributed by atoms with E-state index in [1.165, 1.54) is 0 Å². The highest BCUT2D eigenvalue weighted by molar-refractivity contribution is 6.06. The number of para-hydroxylation sites is 1. The number of aromatic nitrogens is 1. The Morgan fingerprint density at radius 3 is 2.81 bits per heavy atom. The molecule has 0 unspecified atom stereocenters. The maximum Gasteiger partial charge on any atom is 0.253 e. The van der Waals surface area contributed by atoms with Gasteiger partial charge in [0, 0.05) is 56.4 Å². The highest BCUT2D eigenvalue weighted by atomic mass is 16.1. The number of nitrogens with one attached hydrogen (secondary N) is 2. The van der Waals surface area contributed by atoms with Crippen LogP contribution in [0.2, 0.25) is 0 Å². The minimum Gasteiger partial charge on any atom is -0.360 e. The molecule has 1 saturated heterocycles. The zero-order chi connectivity index (χ0) is 14.7. The monoisotopic (exact) mass is 286 g/mol. The Kier molecular flexibility index (Phi) is 4.22. The van der Waals surface area contributed by atoms with Crippen molar-refractivity contribution < 1.29 is 4.79 Å². The maximum atomic E-state index is 12.3. The number of benzene rings is 1. The molecule has 1 aliphatic rings. The number of likely N-dealkylation sites (N-methyl/N-ethyl adjacent to an activating group) is 1. The average Bonchev–Trinajstić information content (AvgIpc) is 2.93. The van der Waals surface area contributed by atoms with Crippen molar-refractivity contribution >= 4 is 16.8 Å². The van der Waals surface area contributed by atoms with Gasteiger partial charge < -0.3 is 15.2 Å². The van der Waals surface area contributed by atoms with Crippen molar-refractivity contribution in [3.63, 3.8) is 0 Å². The number of amides is 1. The fourth-order valence-corrected chi connectivity index (χ4v) is 2.75. The van der Waals surface area contributed by atoms with Crippen LogP contribution in [0.1, 0.15) is 10.4 Å². The molecule has 5 nitrogen and oxygen atoms in total. The molecule has 1 aliphatic heterocycles. The SMILES string of the molecule is CN1CCN(CCNC(=O)c2c[nH]c3ccccc23)CC1. The van der Waals surface area contributed by atoms with Crippen LogP contribution in [0.25, 0.3) is 10.9 Å². The van der Waals surface area contributed by atoms with Gasteiger partial charge in [-0.25, -0.2) is 0 Å². The van der Waals surface area contributed by atoms with E-state index in [9.17, 15) is 4.79 Å². The molecule has 1 aromatic carbocycles. The van der Waals surface area contributed by atoms with Gasteiger partial charge in [0.15, 0.2) is 0 Å². The highest BCUT2D eigenvalue weighted by Gasteiger charge is 2.14. The zero-order valence-corrected chi connectivity index (χ0v) is 12.4. The van der Waals surface area contributed by atoms with Gasteiger partial charge in [-0.05, 0) is 13.1 Å². The van der Waals surface area contributed by atoms with E-state index in [4.69, 9.17) is 0 Å². The zero-order valence-electron chi connectivity index (χ0n) is 12.4. The van der Waals surface area contributed by atoms with E-state index in [1.807, 2.05) is 24.3 Å². The van der Waals surface area contributed by atoms with E-state index in [0.29, 0.717) is 6.54 Å². The fourth-order valence-electron chi connectivity index (χ4n) is 2.75. The molecule has 2 aromatic rings. The van der Waals surface area contributed by atoms with Crippen molar-refractivity contribution in [2.75, 3.05) is 46.3 Å². The Labute approximate surface area is 124 Å². The molecular weight excluding hydrogens is 264 g/mol. The number of nitrogens with zero attached hydrogens (tertiary/aromatic N) is 2. The van der Waals surface area contributed by atoms with E-state index in [0.717, 1.165) is 49.2 Å². The standard InChI is InChI=1S/C16H22N4O/c1-19-8-10-20(11-9-19)7-6-17-16(21)14-12-18-15-5-3-2-4-13(14)15/h2-5,12,18H,6-11H2,1H3,(H,17,21). The molecule has 1 amide bonds. The van der Waals surface area contributed by atoms with Gasteiger partial charge in [0.05, 0.1) is 5.56 Å². The Morgan fingerprint density at radius 2 is 2.00 bits per heavy atom. The molecule has 0 radical (unpaired) electrons. The molecule has 1 aromatic heterocycles. The summed E-state index contributed by atoms with van der Waals surface area (Å²) in [4.78, 5) is 20.1. The summed E-state index contributed by atoms with van der Waals surface area (Å²) in [5, 5.41) is 4.00. The lowest BCUT2D eigenvalue weighted by Gasteiger charge is -2.32. The number of H-pyrrole nitrogens is 1. The Balaban J connectivity index is 1.52. The van der Waals surface area contributed by atoms with Gasteiger partial charge in [0.25, 0.3) is 5.91 Å². The average molecular weight is 286 g/mol. The topological polar surface area (TPSA) is 51.4 Å². The van der Waals surface area contributed by atoms with Crippen LogP contribution in [0, 0.1) is 0 Å².